The van der Waals surface area contributed by atoms with E-state index in [0.29, 0.717) is 33.4 Å². The molecule has 0 saturated heterocycles. The summed E-state index contributed by atoms with van der Waals surface area (Å²) in [6.45, 7) is 0. The molecule has 0 heterocycles. The van der Waals surface area contributed by atoms with Crippen LogP contribution >= 0.6 is 0 Å². The van der Waals surface area contributed by atoms with Crippen LogP contribution in [0.5, 0.6) is 0 Å². The summed E-state index contributed by atoms with van der Waals surface area (Å²) in [6.07, 6.45) is 0. The number of ketones is 2. The van der Waals surface area contributed by atoms with E-state index in [1.165, 1.54) is 0 Å². The van der Waals surface area contributed by atoms with Gasteiger partial charge in [0, 0.05) is 11.1 Å². The SMILES string of the molecule is O=C1c2ccccc2C(O)(c2ccccc2)C1C1C(=O)c2ccccc2C1(O)c1ccccc1. The van der Waals surface area contributed by atoms with Gasteiger partial charge in [0.05, 0.1) is 11.8 Å². The summed E-state index contributed by atoms with van der Waals surface area (Å²) in [5.74, 6) is -3.11. The van der Waals surface area contributed by atoms with Crippen molar-refractivity contribution < 1.29 is 19.8 Å². The van der Waals surface area contributed by atoms with E-state index in [2.05, 4.69) is 0 Å². The third-order valence-corrected chi connectivity index (χ3v) is 7.43. The molecular formula is C30H22O4. The predicted octanol–water partition coefficient (Wildman–Crippen LogP) is 4.48. The molecule has 4 aromatic carbocycles. The molecule has 4 atom stereocenters. The molecule has 4 aromatic rings. The van der Waals surface area contributed by atoms with E-state index in [1.54, 1.807) is 97.1 Å². The van der Waals surface area contributed by atoms with Gasteiger partial charge in [0.2, 0.25) is 0 Å². The van der Waals surface area contributed by atoms with Gasteiger partial charge >= 0.3 is 0 Å². The van der Waals surface area contributed by atoms with Gasteiger partial charge in [0.25, 0.3) is 0 Å². The Morgan fingerprint density at radius 2 is 0.794 bits per heavy atom. The zero-order valence-electron chi connectivity index (χ0n) is 18.3. The van der Waals surface area contributed by atoms with Crippen LogP contribution in [0.15, 0.2) is 109 Å². The molecule has 4 unspecified atom stereocenters. The fourth-order valence-electron chi connectivity index (χ4n) is 5.95. The molecule has 0 aliphatic heterocycles. The molecule has 2 aliphatic carbocycles. The maximum Gasteiger partial charge on any atom is 0.170 e. The lowest BCUT2D eigenvalue weighted by atomic mass is 9.66. The first-order valence-corrected chi connectivity index (χ1v) is 11.3. The fraction of sp³-hybridized carbons (Fsp3) is 0.133. The third kappa shape index (κ3) is 2.55. The normalized spacial score (nSPS) is 27.5. The molecule has 0 radical (unpaired) electrons. The van der Waals surface area contributed by atoms with Crippen molar-refractivity contribution in [2.24, 2.45) is 11.8 Å². The maximum absolute atomic E-state index is 14.0. The topological polar surface area (TPSA) is 74.6 Å². The van der Waals surface area contributed by atoms with Crippen molar-refractivity contribution in [3.05, 3.63) is 143 Å². The molecule has 0 saturated carbocycles. The molecule has 4 heteroatoms. The van der Waals surface area contributed by atoms with Crippen molar-refractivity contribution in [1.82, 2.24) is 0 Å². The first kappa shape index (κ1) is 20.7. The van der Waals surface area contributed by atoms with Gasteiger partial charge in [-0.2, -0.15) is 0 Å². The van der Waals surface area contributed by atoms with Gasteiger partial charge in [-0.15, -0.1) is 0 Å². The van der Waals surface area contributed by atoms with E-state index in [4.69, 9.17) is 0 Å². The Kier molecular flexibility index (Phi) is 4.46. The number of rotatable bonds is 3. The Balaban J connectivity index is 1.65. The quantitative estimate of drug-likeness (QED) is 0.487. The monoisotopic (exact) mass is 446 g/mol. The van der Waals surface area contributed by atoms with Crippen molar-refractivity contribution in [3.63, 3.8) is 0 Å². The molecule has 4 nitrogen and oxygen atoms in total. The minimum Gasteiger partial charge on any atom is -0.380 e. The Hall–Kier alpha value is -3.86. The molecule has 6 rings (SSSR count). The molecular weight excluding hydrogens is 424 g/mol. The van der Waals surface area contributed by atoms with Crippen molar-refractivity contribution in [2.75, 3.05) is 0 Å². The van der Waals surface area contributed by atoms with E-state index in [9.17, 15) is 19.8 Å². The second-order valence-electron chi connectivity index (χ2n) is 9.04. The summed E-state index contributed by atoms with van der Waals surface area (Å²) in [4.78, 5) is 27.9. The van der Waals surface area contributed by atoms with E-state index in [1.807, 2.05) is 12.1 Å². The Labute approximate surface area is 197 Å². The Morgan fingerprint density at radius 3 is 1.18 bits per heavy atom. The van der Waals surface area contributed by atoms with Gasteiger partial charge in [0.15, 0.2) is 11.6 Å². The number of aliphatic hydroxyl groups is 2. The van der Waals surface area contributed by atoms with Crippen LogP contribution in [0.3, 0.4) is 0 Å². The predicted molar refractivity (Wildman–Crippen MR) is 127 cm³/mol. The van der Waals surface area contributed by atoms with Crippen molar-refractivity contribution in [3.8, 4) is 0 Å². The number of carbonyl (C=O) groups excluding carboxylic acids is 2. The molecule has 34 heavy (non-hydrogen) atoms. The Bertz CT molecular complexity index is 1320. The summed E-state index contributed by atoms with van der Waals surface area (Å²) < 4.78 is 0. The number of hydrogen-bond acceptors (Lipinski definition) is 4. The molecule has 0 bridgehead atoms. The maximum atomic E-state index is 14.0. The zero-order chi connectivity index (χ0) is 23.5. The van der Waals surface area contributed by atoms with Gasteiger partial charge in [-0.1, -0.05) is 109 Å². The lowest BCUT2D eigenvalue weighted by molar-refractivity contribution is -0.0463. The van der Waals surface area contributed by atoms with Gasteiger partial charge in [-0.3, -0.25) is 9.59 Å². The van der Waals surface area contributed by atoms with Crippen LogP contribution in [0.1, 0.15) is 43.0 Å². The standard InChI is InChI=1S/C30H22O4/c31-27-21-15-7-9-17-23(21)29(33,19-11-3-1-4-12-19)25(27)26-28(32)22-16-8-10-18-24(22)30(26,34)20-13-5-2-6-14-20/h1-18,25-26,33-34H. The van der Waals surface area contributed by atoms with Gasteiger partial charge in [-0.05, 0) is 22.3 Å². The number of fused-ring (bicyclic) bond motifs is 2. The summed E-state index contributed by atoms with van der Waals surface area (Å²) in [5, 5.41) is 24.8. The fourth-order valence-corrected chi connectivity index (χ4v) is 5.95. The summed E-state index contributed by atoms with van der Waals surface area (Å²) in [7, 11) is 0. The molecule has 0 spiro atoms. The first-order chi connectivity index (χ1) is 16.5. The van der Waals surface area contributed by atoms with Crippen LogP contribution < -0.4 is 0 Å². The van der Waals surface area contributed by atoms with Gasteiger partial charge in [0.1, 0.15) is 11.2 Å². The lowest BCUT2D eigenvalue weighted by Gasteiger charge is -2.40. The zero-order valence-corrected chi connectivity index (χ0v) is 18.3. The second kappa shape index (κ2) is 7.32. The molecule has 166 valence electrons. The highest BCUT2D eigenvalue weighted by Crippen LogP contribution is 2.57. The van der Waals surface area contributed by atoms with Crippen LogP contribution in [-0.2, 0) is 11.2 Å². The van der Waals surface area contributed by atoms with E-state index < -0.39 is 23.0 Å². The van der Waals surface area contributed by atoms with E-state index in [0.717, 1.165) is 0 Å². The number of hydrogen-bond donors (Lipinski definition) is 2. The first-order valence-electron chi connectivity index (χ1n) is 11.3. The van der Waals surface area contributed by atoms with Crippen LogP contribution in [0, 0.1) is 11.8 Å². The Morgan fingerprint density at radius 1 is 0.471 bits per heavy atom. The number of benzene rings is 4. The molecule has 0 fully saturated rings. The summed E-state index contributed by atoms with van der Waals surface area (Å²) in [5.41, 5.74) is -0.878. The number of carbonyl (C=O) groups is 2. The highest BCUT2D eigenvalue weighted by Gasteiger charge is 2.65. The minimum absolute atomic E-state index is 0.345. The number of Topliss-reactive ketones (excluding diaryl/α,β-unsaturated/α-hetero) is 2. The van der Waals surface area contributed by atoms with Crippen molar-refractivity contribution in [1.29, 1.82) is 0 Å². The lowest BCUT2D eigenvalue weighted by Crippen LogP contribution is -2.49. The third-order valence-electron chi connectivity index (χ3n) is 7.43. The van der Waals surface area contributed by atoms with E-state index >= 15 is 0 Å². The average Bonchev–Trinajstić information content (AvgIpc) is 3.26. The highest BCUT2D eigenvalue weighted by atomic mass is 16.3. The molecule has 2 aliphatic rings. The molecule has 0 aromatic heterocycles. The molecule has 2 N–H and O–H groups in total. The highest BCUT2D eigenvalue weighted by molar-refractivity contribution is 6.12. The average molecular weight is 447 g/mol. The smallest absolute Gasteiger partial charge is 0.170 e. The van der Waals surface area contributed by atoms with Crippen LogP contribution in [0.25, 0.3) is 0 Å². The van der Waals surface area contributed by atoms with Crippen LogP contribution in [0.4, 0.5) is 0 Å². The second-order valence-corrected chi connectivity index (χ2v) is 9.04. The van der Waals surface area contributed by atoms with Gasteiger partial charge < -0.3 is 10.2 Å². The van der Waals surface area contributed by atoms with E-state index in [-0.39, 0.29) is 11.6 Å². The molecule has 0 amide bonds. The summed E-state index contributed by atoms with van der Waals surface area (Å²) in [6, 6.07) is 31.8. The van der Waals surface area contributed by atoms with Crippen molar-refractivity contribution in [2.45, 2.75) is 11.2 Å². The van der Waals surface area contributed by atoms with Gasteiger partial charge in [-0.25, -0.2) is 0 Å². The van der Waals surface area contributed by atoms with Crippen molar-refractivity contribution >= 4 is 11.6 Å². The largest absolute Gasteiger partial charge is 0.380 e. The minimum atomic E-state index is -1.78. The summed E-state index contributed by atoms with van der Waals surface area (Å²) >= 11 is 0. The van der Waals surface area contributed by atoms with Crippen LogP contribution in [0.2, 0.25) is 0 Å². The van der Waals surface area contributed by atoms with Crippen LogP contribution in [-0.4, -0.2) is 21.8 Å².